The Morgan fingerprint density at radius 2 is 1.74 bits per heavy atom. The highest BCUT2D eigenvalue weighted by atomic mass is 31.0. The van der Waals surface area contributed by atoms with Crippen molar-refractivity contribution < 1.29 is 9.53 Å². The van der Waals surface area contributed by atoms with Gasteiger partial charge in [0.15, 0.2) is 0 Å². The maximum Gasteiger partial charge on any atom is 0.343 e. The van der Waals surface area contributed by atoms with Crippen LogP contribution in [-0.2, 0) is 0 Å². The molecule has 3 heteroatoms. The number of hydrogen-bond acceptors (Lipinski definition) is 2. The zero-order valence-electron chi connectivity index (χ0n) is 13.5. The minimum Gasteiger partial charge on any atom is -0.423 e. The second kappa shape index (κ2) is 7.27. The molecule has 23 heavy (non-hydrogen) atoms. The van der Waals surface area contributed by atoms with Gasteiger partial charge in [-0.1, -0.05) is 37.5 Å². The number of hydrogen-bond donors (Lipinski definition) is 0. The van der Waals surface area contributed by atoms with E-state index in [0.717, 1.165) is 10.9 Å². The van der Waals surface area contributed by atoms with Crippen molar-refractivity contribution in [3.63, 3.8) is 0 Å². The van der Waals surface area contributed by atoms with Gasteiger partial charge >= 0.3 is 5.97 Å². The van der Waals surface area contributed by atoms with Gasteiger partial charge in [-0.3, -0.25) is 0 Å². The van der Waals surface area contributed by atoms with Gasteiger partial charge in [-0.05, 0) is 66.4 Å². The monoisotopic (exact) mass is 326 g/mol. The minimum absolute atomic E-state index is 0.298. The summed E-state index contributed by atoms with van der Waals surface area (Å²) in [5.74, 6) is 0.945. The Kier molecular flexibility index (Phi) is 5.13. The van der Waals surface area contributed by atoms with E-state index in [9.17, 15) is 4.79 Å². The molecule has 0 radical (unpaired) electrons. The van der Waals surface area contributed by atoms with Crippen LogP contribution in [0.3, 0.4) is 0 Å². The molecule has 1 unspecified atom stereocenters. The topological polar surface area (TPSA) is 26.3 Å². The first kappa shape index (κ1) is 16.2. The molecule has 3 rings (SSSR count). The van der Waals surface area contributed by atoms with Crippen LogP contribution in [0.15, 0.2) is 42.5 Å². The van der Waals surface area contributed by atoms with Crippen LogP contribution in [0, 0.1) is 6.92 Å². The molecule has 2 aromatic carbocycles. The molecule has 0 heterocycles. The van der Waals surface area contributed by atoms with Gasteiger partial charge in [-0.15, -0.1) is 9.24 Å². The summed E-state index contributed by atoms with van der Waals surface area (Å²) in [6, 6.07) is 13.6. The first-order valence-corrected chi connectivity index (χ1v) is 8.89. The van der Waals surface area contributed by atoms with E-state index in [0.29, 0.717) is 17.2 Å². The fraction of sp³-hybridized carbons (Fsp3) is 0.350. The van der Waals surface area contributed by atoms with E-state index in [4.69, 9.17) is 4.74 Å². The molecule has 2 nitrogen and oxygen atoms in total. The largest absolute Gasteiger partial charge is 0.423 e. The Labute approximate surface area is 140 Å². The van der Waals surface area contributed by atoms with Crippen molar-refractivity contribution >= 4 is 20.5 Å². The molecule has 0 aliphatic heterocycles. The van der Waals surface area contributed by atoms with Gasteiger partial charge in [0.25, 0.3) is 0 Å². The highest BCUT2D eigenvalue weighted by Crippen LogP contribution is 2.32. The number of benzene rings is 2. The van der Waals surface area contributed by atoms with Crippen LogP contribution in [-0.4, -0.2) is 5.97 Å². The second-order valence-electron chi connectivity index (χ2n) is 6.36. The summed E-state index contributed by atoms with van der Waals surface area (Å²) in [4.78, 5) is 12.3. The van der Waals surface area contributed by atoms with Crippen LogP contribution in [0.25, 0.3) is 0 Å². The van der Waals surface area contributed by atoms with Crippen molar-refractivity contribution in [3.05, 3.63) is 59.2 Å². The van der Waals surface area contributed by atoms with Gasteiger partial charge in [-0.25, -0.2) is 4.79 Å². The van der Waals surface area contributed by atoms with E-state index < -0.39 is 0 Å². The Bertz CT molecular complexity index is 685. The van der Waals surface area contributed by atoms with Crippen molar-refractivity contribution in [1.29, 1.82) is 0 Å². The number of carbonyl (C=O) groups is 1. The fourth-order valence-corrected chi connectivity index (χ4v) is 3.44. The molecular weight excluding hydrogens is 303 g/mol. The van der Waals surface area contributed by atoms with Crippen LogP contribution in [0.2, 0.25) is 0 Å². The van der Waals surface area contributed by atoms with Gasteiger partial charge in [0.2, 0.25) is 0 Å². The van der Waals surface area contributed by atoms with Crippen molar-refractivity contribution in [2.75, 3.05) is 0 Å². The van der Waals surface area contributed by atoms with Crippen LogP contribution >= 0.6 is 9.24 Å². The summed E-state index contributed by atoms with van der Waals surface area (Å²) < 4.78 is 5.47. The summed E-state index contributed by atoms with van der Waals surface area (Å²) in [5, 5.41) is 1.04. The summed E-state index contributed by atoms with van der Waals surface area (Å²) in [5.41, 5.74) is 3.12. The van der Waals surface area contributed by atoms with Crippen LogP contribution in [0.4, 0.5) is 0 Å². The first-order chi connectivity index (χ1) is 11.1. The Morgan fingerprint density at radius 1 is 1.04 bits per heavy atom. The molecule has 2 aromatic rings. The number of esters is 1. The van der Waals surface area contributed by atoms with Gasteiger partial charge in [-0.2, -0.15) is 0 Å². The Morgan fingerprint density at radius 3 is 2.39 bits per heavy atom. The van der Waals surface area contributed by atoms with Crippen molar-refractivity contribution in [2.24, 2.45) is 0 Å². The van der Waals surface area contributed by atoms with Crippen molar-refractivity contribution in [1.82, 2.24) is 0 Å². The van der Waals surface area contributed by atoms with E-state index in [1.54, 1.807) is 0 Å². The summed E-state index contributed by atoms with van der Waals surface area (Å²) >= 11 is 0. The van der Waals surface area contributed by atoms with Crippen molar-refractivity contribution in [2.45, 2.75) is 44.9 Å². The molecule has 1 saturated carbocycles. The average Bonchev–Trinajstić information content (AvgIpc) is 2.59. The molecule has 1 fully saturated rings. The number of rotatable bonds is 3. The second-order valence-corrected chi connectivity index (χ2v) is 6.99. The lowest BCUT2D eigenvalue weighted by atomic mass is 9.84. The van der Waals surface area contributed by atoms with Crippen LogP contribution in [0.1, 0.15) is 59.5 Å². The summed E-state index contributed by atoms with van der Waals surface area (Å²) in [6.45, 7) is 2.03. The van der Waals surface area contributed by atoms with E-state index >= 15 is 0 Å². The Hall–Kier alpha value is -1.66. The molecule has 1 aliphatic carbocycles. The Balaban J connectivity index is 1.68. The molecule has 1 aliphatic rings. The quantitative estimate of drug-likeness (QED) is 0.462. The number of aryl methyl sites for hydroxylation is 1. The standard InChI is InChI=1S/C20H23O2P/c1-14-7-12-18(13-19(14)23)22-20(21)17-10-8-16(9-11-17)15-5-3-2-4-6-15/h7-13,15H,2-6,23H2,1H3. The molecule has 0 amide bonds. The van der Waals surface area contributed by atoms with Crippen molar-refractivity contribution in [3.8, 4) is 5.75 Å². The third-order valence-electron chi connectivity index (χ3n) is 4.68. The predicted octanol–water partition coefficient (Wildman–Crippen LogP) is 4.76. The minimum atomic E-state index is -0.298. The molecule has 0 spiro atoms. The predicted molar refractivity (Wildman–Crippen MR) is 97.7 cm³/mol. The third-order valence-corrected chi connectivity index (χ3v) is 5.31. The van der Waals surface area contributed by atoms with E-state index in [1.807, 2.05) is 37.3 Å². The molecule has 1 atom stereocenters. The smallest absolute Gasteiger partial charge is 0.343 e. The molecular formula is C20H23O2P. The van der Waals surface area contributed by atoms with Crippen LogP contribution in [0.5, 0.6) is 5.75 Å². The third kappa shape index (κ3) is 4.00. The normalized spacial score (nSPS) is 15.4. The van der Waals surface area contributed by atoms with E-state index in [2.05, 4.69) is 21.4 Å². The first-order valence-electron chi connectivity index (χ1n) is 8.32. The van der Waals surface area contributed by atoms with Gasteiger partial charge < -0.3 is 4.74 Å². The molecule has 120 valence electrons. The molecule has 0 aromatic heterocycles. The average molecular weight is 326 g/mol. The zero-order chi connectivity index (χ0) is 16.2. The van der Waals surface area contributed by atoms with Gasteiger partial charge in [0.05, 0.1) is 5.56 Å². The lowest BCUT2D eigenvalue weighted by Gasteiger charge is -2.22. The summed E-state index contributed by atoms with van der Waals surface area (Å²) in [7, 11) is 2.66. The maximum atomic E-state index is 12.3. The highest BCUT2D eigenvalue weighted by Gasteiger charge is 2.16. The zero-order valence-corrected chi connectivity index (χ0v) is 14.7. The summed E-state index contributed by atoms with van der Waals surface area (Å²) in [6.07, 6.45) is 6.53. The van der Waals surface area contributed by atoms with E-state index in [-0.39, 0.29) is 5.97 Å². The lowest BCUT2D eigenvalue weighted by molar-refractivity contribution is 0.0735. The number of ether oxygens (including phenoxy) is 1. The lowest BCUT2D eigenvalue weighted by Crippen LogP contribution is -2.10. The van der Waals surface area contributed by atoms with Gasteiger partial charge in [0, 0.05) is 0 Å². The van der Waals surface area contributed by atoms with E-state index in [1.165, 1.54) is 37.7 Å². The maximum absolute atomic E-state index is 12.3. The van der Waals surface area contributed by atoms with Crippen LogP contribution < -0.4 is 10.0 Å². The van der Waals surface area contributed by atoms with Gasteiger partial charge in [0.1, 0.15) is 5.75 Å². The molecule has 0 bridgehead atoms. The SMILES string of the molecule is Cc1ccc(OC(=O)c2ccc(C3CCCCC3)cc2)cc1P. The number of carbonyl (C=O) groups excluding carboxylic acids is 1. The molecule has 0 N–H and O–H groups in total. The highest BCUT2D eigenvalue weighted by molar-refractivity contribution is 7.27. The fourth-order valence-electron chi connectivity index (χ4n) is 3.18. The molecule has 0 saturated heterocycles.